The third-order valence-corrected chi connectivity index (χ3v) is 6.41. The first kappa shape index (κ1) is 13.1. The molecule has 0 amide bonds. The lowest BCUT2D eigenvalue weighted by Gasteiger charge is -2.30. The molecule has 1 aliphatic heterocycles. The summed E-state index contributed by atoms with van der Waals surface area (Å²) in [4.78, 5) is 4.19. The van der Waals surface area contributed by atoms with Crippen LogP contribution in [0.5, 0.6) is 0 Å². The van der Waals surface area contributed by atoms with Gasteiger partial charge in [-0.25, -0.2) is 0 Å². The van der Waals surface area contributed by atoms with E-state index in [2.05, 4.69) is 69.3 Å². The van der Waals surface area contributed by atoms with Gasteiger partial charge >= 0.3 is 0 Å². The predicted molar refractivity (Wildman–Crippen MR) is 85.1 cm³/mol. The highest BCUT2D eigenvalue weighted by Gasteiger charge is 2.31. The number of thioether (sulfide) groups is 1. The Hall–Kier alpha value is -0.860. The summed E-state index contributed by atoms with van der Waals surface area (Å²) >= 11 is 3.91. The molecule has 0 radical (unpaired) electrons. The average molecular weight is 286 g/mol. The molecule has 3 rings (SSSR count). The van der Waals surface area contributed by atoms with E-state index in [0.717, 1.165) is 0 Å². The Bertz CT molecular complexity index is 596. The lowest BCUT2D eigenvalue weighted by molar-refractivity contribution is 0.399. The molecule has 2 heteroatoms. The molecule has 0 saturated carbocycles. The van der Waals surface area contributed by atoms with Gasteiger partial charge in [-0.2, -0.15) is 0 Å². The van der Waals surface area contributed by atoms with E-state index in [1.807, 2.05) is 23.5 Å². The summed E-state index contributed by atoms with van der Waals surface area (Å²) in [5.74, 6) is 0. The van der Waals surface area contributed by atoms with Gasteiger partial charge in [0, 0.05) is 19.9 Å². The largest absolute Gasteiger partial charge is 0.116 e. The molecular weight excluding hydrogens is 268 g/mol. The third-order valence-electron chi connectivity index (χ3n) is 3.30. The number of rotatable bonds is 0. The molecule has 0 aliphatic carbocycles. The van der Waals surface area contributed by atoms with Crippen molar-refractivity contribution < 1.29 is 0 Å². The van der Waals surface area contributed by atoms with Crippen LogP contribution in [0.3, 0.4) is 0 Å². The molecular formula is C17H18S2. The first-order chi connectivity index (χ1) is 9.05. The van der Waals surface area contributed by atoms with Crippen molar-refractivity contribution in [3.05, 3.63) is 54.1 Å². The van der Waals surface area contributed by atoms with Gasteiger partial charge in [0.25, 0.3) is 0 Å². The summed E-state index contributed by atoms with van der Waals surface area (Å²) < 4.78 is 0. The molecule has 1 atom stereocenters. The quantitative estimate of drug-likeness (QED) is 0.580. The molecule has 0 saturated heterocycles. The predicted octanol–water partition coefficient (Wildman–Crippen LogP) is 6.03. The summed E-state index contributed by atoms with van der Waals surface area (Å²) in [6.45, 7) is 7.00. The standard InChI is InChI=1S/C17H18S2/c1-17(2,3)16-12-8-4-5-9-13(12)18-14-10-6-7-11-15(14)19-16/h4-11,16H,1-3H3. The lowest BCUT2D eigenvalue weighted by atomic mass is 9.87. The van der Waals surface area contributed by atoms with Crippen LogP contribution in [0, 0.1) is 5.41 Å². The van der Waals surface area contributed by atoms with Crippen LogP contribution in [-0.4, -0.2) is 0 Å². The van der Waals surface area contributed by atoms with Crippen molar-refractivity contribution in [3.63, 3.8) is 0 Å². The second-order valence-corrected chi connectivity index (χ2v) is 8.18. The van der Waals surface area contributed by atoms with Gasteiger partial charge in [0.2, 0.25) is 0 Å². The van der Waals surface area contributed by atoms with Crippen LogP contribution in [0.4, 0.5) is 0 Å². The zero-order valence-electron chi connectivity index (χ0n) is 11.5. The zero-order chi connectivity index (χ0) is 13.5. The topological polar surface area (TPSA) is 0 Å². The summed E-state index contributed by atoms with van der Waals surface area (Å²) in [7, 11) is 0. The molecule has 2 aromatic carbocycles. The van der Waals surface area contributed by atoms with Crippen molar-refractivity contribution in [2.24, 2.45) is 5.41 Å². The molecule has 1 unspecified atom stereocenters. The average Bonchev–Trinajstić information content (AvgIpc) is 2.54. The third kappa shape index (κ3) is 2.56. The van der Waals surface area contributed by atoms with E-state index in [1.54, 1.807) is 0 Å². The maximum atomic E-state index is 2.33. The van der Waals surface area contributed by atoms with Crippen LogP contribution in [0.2, 0.25) is 0 Å². The number of hydrogen-bond acceptors (Lipinski definition) is 2. The molecule has 0 nitrogen and oxygen atoms in total. The van der Waals surface area contributed by atoms with E-state index in [-0.39, 0.29) is 5.41 Å². The van der Waals surface area contributed by atoms with Gasteiger partial charge in [-0.05, 0) is 29.2 Å². The van der Waals surface area contributed by atoms with E-state index in [9.17, 15) is 0 Å². The summed E-state index contributed by atoms with van der Waals surface area (Å²) in [6.07, 6.45) is 0. The van der Waals surface area contributed by atoms with E-state index >= 15 is 0 Å². The van der Waals surface area contributed by atoms with Crippen molar-refractivity contribution >= 4 is 23.5 Å². The van der Waals surface area contributed by atoms with Crippen LogP contribution in [-0.2, 0) is 0 Å². The number of hydrogen-bond donors (Lipinski definition) is 0. The molecule has 0 spiro atoms. The molecule has 0 fully saturated rings. The van der Waals surface area contributed by atoms with Crippen molar-refractivity contribution in [1.82, 2.24) is 0 Å². The second-order valence-electron chi connectivity index (χ2n) is 5.95. The molecule has 1 aliphatic rings. The lowest BCUT2D eigenvalue weighted by Crippen LogP contribution is -2.15. The van der Waals surface area contributed by atoms with E-state index in [0.29, 0.717) is 5.25 Å². The maximum Gasteiger partial charge on any atom is 0.0404 e. The van der Waals surface area contributed by atoms with Gasteiger partial charge in [-0.15, -0.1) is 11.8 Å². The highest BCUT2D eigenvalue weighted by Crippen LogP contribution is 2.55. The van der Waals surface area contributed by atoms with Crippen LogP contribution in [0.15, 0.2) is 63.2 Å². The molecule has 98 valence electrons. The summed E-state index contributed by atoms with van der Waals surface area (Å²) in [5.41, 5.74) is 1.72. The van der Waals surface area contributed by atoms with Crippen LogP contribution < -0.4 is 0 Å². The minimum atomic E-state index is 0.249. The summed E-state index contributed by atoms with van der Waals surface area (Å²) in [6, 6.07) is 17.6. The Morgan fingerprint density at radius 1 is 0.789 bits per heavy atom. The van der Waals surface area contributed by atoms with Gasteiger partial charge < -0.3 is 0 Å². The Balaban J connectivity index is 2.17. The first-order valence-electron chi connectivity index (χ1n) is 6.58. The van der Waals surface area contributed by atoms with E-state index < -0.39 is 0 Å². The monoisotopic (exact) mass is 286 g/mol. The number of fused-ring (bicyclic) bond motifs is 2. The molecule has 1 heterocycles. The van der Waals surface area contributed by atoms with Gasteiger partial charge in [-0.3, -0.25) is 0 Å². The molecule has 0 aromatic heterocycles. The molecule has 19 heavy (non-hydrogen) atoms. The van der Waals surface area contributed by atoms with Crippen molar-refractivity contribution in [2.75, 3.05) is 0 Å². The fourth-order valence-corrected chi connectivity index (χ4v) is 5.00. The van der Waals surface area contributed by atoms with Gasteiger partial charge in [0.05, 0.1) is 0 Å². The number of benzene rings is 2. The minimum absolute atomic E-state index is 0.249. The second kappa shape index (κ2) is 4.92. The highest BCUT2D eigenvalue weighted by molar-refractivity contribution is 8.03. The van der Waals surface area contributed by atoms with Crippen molar-refractivity contribution in [1.29, 1.82) is 0 Å². The van der Waals surface area contributed by atoms with E-state index in [4.69, 9.17) is 0 Å². The minimum Gasteiger partial charge on any atom is -0.116 e. The molecule has 0 bridgehead atoms. The summed E-state index contributed by atoms with van der Waals surface area (Å²) in [5, 5.41) is 0.500. The zero-order valence-corrected chi connectivity index (χ0v) is 13.1. The first-order valence-corrected chi connectivity index (χ1v) is 8.28. The Morgan fingerprint density at radius 3 is 2.05 bits per heavy atom. The van der Waals surface area contributed by atoms with E-state index in [1.165, 1.54) is 20.2 Å². The van der Waals surface area contributed by atoms with Gasteiger partial charge in [0.15, 0.2) is 0 Å². The normalized spacial score (nSPS) is 18.4. The molecule has 0 N–H and O–H groups in total. The Kier molecular flexibility index (Phi) is 3.40. The van der Waals surface area contributed by atoms with Gasteiger partial charge in [0.1, 0.15) is 0 Å². The van der Waals surface area contributed by atoms with Gasteiger partial charge in [-0.1, -0.05) is 62.9 Å². The SMILES string of the molecule is CC(C)(C)C1Sc2ccccc2Sc2ccccc21. The fraction of sp³-hybridized carbons (Fsp3) is 0.294. The van der Waals surface area contributed by atoms with Crippen LogP contribution in [0.25, 0.3) is 0 Å². The molecule has 2 aromatic rings. The maximum absolute atomic E-state index is 2.33. The van der Waals surface area contributed by atoms with Crippen LogP contribution >= 0.6 is 23.5 Å². The fourth-order valence-electron chi connectivity index (χ4n) is 2.37. The van der Waals surface area contributed by atoms with Crippen molar-refractivity contribution in [3.8, 4) is 0 Å². The highest BCUT2D eigenvalue weighted by atomic mass is 32.2. The Labute approximate surface area is 124 Å². The smallest absolute Gasteiger partial charge is 0.0404 e. The van der Waals surface area contributed by atoms with Crippen molar-refractivity contribution in [2.45, 2.75) is 40.7 Å². The Morgan fingerprint density at radius 2 is 1.37 bits per heavy atom. The van der Waals surface area contributed by atoms with Crippen LogP contribution in [0.1, 0.15) is 31.6 Å².